The lowest BCUT2D eigenvalue weighted by atomic mass is 10.2. The van der Waals surface area contributed by atoms with E-state index in [1.807, 2.05) is 13.0 Å². The summed E-state index contributed by atoms with van der Waals surface area (Å²) in [6.45, 7) is 8.13. The summed E-state index contributed by atoms with van der Waals surface area (Å²) < 4.78 is 0. The first-order chi connectivity index (χ1) is 6.72. The summed E-state index contributed by atoms with van der Waals surface area (Å²) in [4.78, 5) is 8.40. The largest absolute Gasteiger partial charge is 0.370 e. The van der Waals surface area contributed by atoms with Crippen molar-refractivity contribution in [3.8, 4) is 0 Å². The molecule has 0 spiro atoms. The molecule has 0 amide bonds. The van der Waals surface area contributed by atoms with Gasteiger partial charge in [-0.3, -0.25) is 0 Å². The second-order valence-electron chi connectivity index (χ2n) is 3.57. The van der Waals surface area contributed by atoms with Crippen molar-refractivity contribution in [2.45, 2.75) is 20.8 Å². The molecule has 0 saturated carbocycles. The Hall–Kier alpha value is -1.32. The van der Waals surface area contributed by atoms with Crippen LogP contribution in [0.15, 0.2) is 12.3 Å². The Morgan fingerprint density at radius 2 is 2.14 bits per heavy atom. The van der Waals surface area contributed by atoms with Crippen molar-refractivity contribution in [1.29, 1.82) is 0 Å². The molecule has 0 aromatic carbocycles. The number of anilines is 2. The van der Waals surface area contributed by atoms with E-state index in [1.165, 1.54) is 0 Å². The van der Waals surface area contributed by atoms with Crippen LogP contribution in [0.25, 0.3) is 0 Å². The van der Waals surface area contributed by atoms with Gasteiger partial charge in [0.05, 0.1) is 0 Å². The number of rotatable bonds is 5. The zero-order valence-corrected chi connectivity index (χ0v) is 9.04. The lowest BCUT2D eigenvalue weighted by Crippen LogP contribution is -2.10. The minimum Gasteiger partial charge on any atom is -0.370 e. The van der Waals surface area contributed by atoms with Crippen LogP contribution in [0.4, 0.5) is 11.8 Å². The molecule has 1 heterocycles. The number of nitrogens with zero attached hydrogens (tertiary/aromatic N) is 2. The quantitative estimate of drug-likeness (QED) is 0.752. The minimum absolute atomic E-state index is 0.618. The Labute approximate surface area is 85.2 Å². The maximum absolute atomic E-state index is 4.30. The molecule has 0 bridgehead atoms. The van der Waals surface area contributed by atoms with E-state index in [9.17, 15) is 0 Å². The Kier molecular flexibility index (Phi) is 4.16. The van der Waals surface area contributed by atoms with Gasteiger partial charge in [-0.2, -0.15) is 4.98 Å². The molecule has 0 unspecified atom stereocenters. The van der Waals surface area contributed by atoms with Gasteiger partial charge in [0.15, 0.2) is 0 Å². The van der Waals surface area contributed by atoms with Gasteiger partial charge >= 0.3 is 0 Å². The van der Waals surface area contributed by atoms with E-state index in [0.29, 0.717) is 11.9 Å². The van der Waals surface area contributed by atoms with E-state index in [-0.39, 0.29) is 0 Å². The summed E-state index contributed by atoms with van der Waals surface area (Å²) in [5.41, 5.74) is 0. The molecule has 0 atom stereocenters. The molecule has 0 aliphatic heterocycles. The van der Waals surface area contributed by atoms with E-state index in [0.717, 1.165) is 18.9 Å². The fourth-order valence-corrected chi connectivity index (χ4v) is 1.01. The number of hydrogen-bond acceptors (Lipinski definition) is 4. The molecule has 4 heteroatoms. The minimum atomic E-state index is 0.618. The zero-order chi connectivity index (χ0) is 10.4. The highest BCUT2D eigenvalue weighted by Crippen LogP contribution is 2.06. The first-order valence-corrected chi connectivity index (χ1v) is 5.03. The molecule has 0 fully saturated rings. The van der Waals surface area contributed by atoms with Crippen molar-refractivity contribution in [2.24, 2.45) is 5.92 Å². The summed E-state index contributed by atoms with van der Waals surface area (Å²) in [6.07, 6.45) is 1.76. The SMILES string of the molecule is CCNc1nccc(NCC(C)C)n1. The van der Waals surface area contributed by atoms with Crippen molar-refractivity contribution >= 4 is 11.8 Å². The molecule has 4 nitrogen and oxygen atoms in total. The molecule has 1 aromatic heterocycles. The van der Waals surface area contributed by atoms with Crippen molar-refractivity contribution in [3.05, 3.63) is 12.3 Å². The van der Waals surface area contributed by atoms with Crippen molar-refractivity contribution in [3.63, 3.8) is 0 Å². The van der Waals surface area contributed by atoms with Gasteiger partial charge in [0.25, 0.3) is 0 Å². The Balaban J connectivity index is 2.54. The van der Waals surface area contributed by atoms with Crippen LogP contribution in [0.2, 0.25) is 0 Å². The van der Waals surface area contributed by atoms with Crippen molar-refractivity contribution in [1.82, 2.24) is 9.97 Å². The van der Waals surface area contributed by atoms with Crippen LogP contribution in [-0.2, 0) is 0 Å². The molecule has 14 heavy (non-hydrogen) atoms. The summed E-state index contributed by atoms with van der Waals surface area (Å²) in [5.74, 6) is 2.18. The standard InChI is InChI=1S/C10H18N4/c1-4-11-10-12-6-5-9(14-10)13-7-8(2)3/h5-6,8H,4,7H2,1-3H3,(H2,11,12,13,14). The second-order valence-corrected chi connectivity index (χ2v) is 3.57. The topological polar surface area (TPSA) is 49.8 Å². The fourth-order valence-electron chi connectivity index (χ4n) is 1.01. The predicted octanol–water partition coefficient (Wildman–Crippen LogP) is 1.98. The van der Waals surface area contributed by atoms with Crippen LogP contribution in [0.1, 0.15) is 20.8 Å². The highest BCUT2D eigenvalue weighted by molar-refractivity contribution is 5.39. The highest BCUT2D eigenvalue weighted by atomic mass is 15.1. The average Bonchev–Trinajstić information content (AvgIpc) is 2.16. The lowest BCUT2D eigenvalue weighted by molar-refractivity contribution is 0.687. The van der Waals surface area contributed by atoms with Crippen LogP contribution < -0.4 is 10.6 Å². The molecule has 0 radical (unpaired) electrons. The number of nitrogens with one attached hydrogen (secondary N) is 2. The van der Waals surface area contributed by atoms with Crippen LogP contribution in [0, 0.1) is 5.92 Å². The number of hydrogen-bond donors (Lipinski definition) is 2. The van der Waals surface area contributed by atoms with Gasteiger partial charge < -0.3 is 10.6 Å². The molecule has 0 aliphatic carbocycles. The lowest BCUT2D eigenvalue weighted by Gasteiger charge is -2.08. The first kappa shape index (κ1) is 10.8. The third-order valence-electron chi connectivity index (χ3n) is 1.68. The molecule has 2 N–H and O–H groups in total. The third kappa shape index (κ3) is 3.60. The van der Waals surface area contributed by atoms with Gasteiger partial charge in [0, 0.05) is 19.3 Å². The maximum Gasteiger partial charge on any atom is 0.224 e. The van der Waals surface area contributed by atoms with Crippen molar-refractivity contribution < 1.29 is 0 Å². The normalized spacial score (nSPS) is 10.3. The van der Waals surface area contributed by atoms with Gasteiger partial charge in [0.2, 0.25) is 5.95 Å². The fraction of sp³-hybridized carbons (Fsp3) is 0.600. The van der Waals surface area contributed by atoms with E-state index in [1.54, 1.807) is 6.20 Å². The molecule has 1 rings (SSSR count). The summed E-state index contributed by atoms with van der Waals surface area (Å²) in [6, 6.07) is 1.88. The Morgan fingerprint density at radius 1 is 1.36 bits per heavy atom. The molecule has 1 aromatic rings. The van der Waals surface area contributed by atoms with Gasteiger partial charge in [-0.1, -0.05) is 13.8 Å². The summed E-state index contributed by atoms with van der Waals surface area (Å²) in [5, 5.41) is 6.33. The predicted molar refractivity (Wildman–Crippen MR) is 59.5 cm³/mol. The first-order valence-electron chi connectivity index (χ1n) is 5.03. The van der Waals surface area contributed by atoms with Crippen LogP contribution in [-0.4, -0.2) is 23.1 Å². The molecular weight excluding hydrogens is 176 g/mol. The van der Waals surface area contributed by atoms with Crippen LogP contribution >= 0.6 is 0 Å². The van der Waals surface area contributed by atoms with E-state index in [4.69, 9.17) is 0 Å². The van der Waals surface area contributed by atoms with Crippen LogP contribution in [0.5, 0.6) is 0 Å². The molecule has 0 saturated heterocycles. The van der Waals surface area contributed by atoms with Crippen LogP contribution in [0.3, 0.4) is 0 Å². The second kappa shape index (κ2) is 5.42. The maximum atomic E-state index is 4.30. The van der Waals surface area contributed by atoms with Gasteiger partial charge in [0.1, 0.15) is 5.82 Å². The Morgan fingerprint density at radius 3 is 2.79 bits per heavy atom. The van der Waals surface area contributed by atoms with Crippen molar-refractivity contribution in [2.75, 3.05) is 23.7 Å². The average molecular weight is 194 g/mol. The van der Waals surface area contributed by atoms with Gasteiger partial charge in [-0.05, 0) is 18.9 Å². The third-order valence-corrected chi connectivity index (χ3v) is 1.68. The molecule has 0 aliphatic rings. The molecular formula is C10H18N4. The van der Waals surface area contributed by atoms with Gasteiger partial charge in [-0.25, -0.2) is 4.98 Å². The van der Waals surface area contributed by atoms with Gasteiger partial charge in [-0.15, -0.1) is 0 Å². The highest BCUT2D eigenvalue weighted by Gasteiger charge is 1.98. The number of aromatic nitrogens is 2. The monoisotopic (exact) mass is 194 g/mol. The van der Waals surface area contributed by atoms with E-state index in [2.05, 4.69) is 34.4 Å². The van der Waals surface area contributed by atoms with E-state index >= 15 is 0 Å². The van der Waals surface area contributed by atoms with E-state index < -0.39 is 0 Å². The Bertz CT molecular complexity index is 273. The zero-order valence-electron chi connectivity index (χ0n) is 9.04. The molecule has 78 valence electrons. The summed E-state index contributed by atoms with van der Waals surface area (Å²) in [7, 11) is 0. The smallest absolute Gasteiger partial charge is 0.224 e. The summed E-state index contributed by atoms with van der Waals surface area (Å²) >= 11 is 0.